The van der Waals surface area contributed by atoms with Crippen molar-refractivity contribution in [2.24, 2.45) is 5.41 Å². The van der Waals surface area contributed by atoms with Crippen molar-refractivity contribution in [2.45, 2.75) is 44.3 Å². The molecule has 1 aliphatic rings. The zero-order valence-electron chi connectivity index (χ0n) is 17.2. The molecule has 4 aromatic rings. The molecule has 1 saturated carbocycles. The highest BCUT2D eigenvalue weighted by Gasteiger charge is 2.50. The monoisotopic (exact) mass is 435 g/mol. The fraction of sp³-hybridized carbons (Fsp3) is 0.348. The number of rotatable bonds is 4. The number of hydrogen-bond donors (Lipinski definition) is 4. The van der Waals surface area contributed by atoms with Gasteiger partial charge in [0.05, 0.1) is 28.3 Å². The van der Waals surface area contributed by atoms with Crippen molar-refractivity contribution in [1.29, 1.82) is 0 Å². The Labute approximate surface area is 183 Å². The average molecular weight is 436 g/mol. The molecule has 8 heteroatoms. The van der Waals surface area contributed by atoms with Crippen LogP contribution in [0.4, 0.5) is 11.5 Å². The summed E-state index contributed by atoms with van der Waals surface area (Å²) in [5, 5.41) is 22.9. The van der Waals surface area contributed by atoms with Gasteiger partial charge in [-0.15, -0.1) is 0 Å². The van der Waals surface area contributed by atoms with Crippen LogP contribution in [0.25, 0.3) is 21.9 Å². The summed E-state index contributed by atoms with van der Waals surface area (Å²) in [6.45, 7) is 2.04. The number of nitrogens with zero attached hydrogens (tertiary/aromatic N) is 3. The molecule has 5 rings (SSSR count). The van der Waals surface area contributed by atoms with Crippen molar-refractivity contribution in [2.75, 3.05) is 11.5 Å². The van der Waals surface area contributed by atoms with Gasteiger partial charge in [0.15, 0.2) is 0 Å². The standard InChI is InChI=1S/C23H25N5O2S/c1-23(8-6-12-2-3-13-4-5-17(25)27-16(13)10-12)11-14(20(29)22(23)30)21-19-18(28-31-21)15(24)7-9-26-19/h2-5,7,9-10,14,20,22,29-30H,6,8,11,24H2,1H3,(H2,25,27)/t14-,20+,22+,23+/m1/s1. The van der Waals surface area contributed by atoms with E-state index in [4.69, 9.17) is 11.5 Å². The van der Waals surface area contributed by atoms with Crippen LogP contribution in [0.5, 0.6) is 0 Å². The largest absolute Gasteiger partial charge is 0.397 e. The number of pyridine rings is 2. The Morgan fingerprint density at radius 3 is 2.77 bits per heavy atom. The van der Waals surface area contributed by atoms with E-state index in [2.05, 4.69) is 20.4 Å². The van der Waals surface area contributed by atoms with Gasteiger partial charge in [-0.2, -0.15) is 4.37 Å². The van der Waals surface area contributed by atoms with Gasteiger partial charge in [-0.1, -0.05) is 19.1 Å². The lowest BCUT2D eigenvalue weighted by molar-refractivity contribution is -0.0199. The lowest BCUT2D eigenvalue weighted by Gasteiger charge is -2.28. The number of anilines is 2. The molecule has 0 aliphatic heterocycles. The van der Waals surface area contributed by atoms with Crippen LogP contribution in [-0.4, -0.2) is 36.8 Å². The summed E-state index contributed by atoms with van der Waals surface area (Å²) in [7, 11) is 0. The molecule has 0 unspecified atom stereocenters. The van der Waals surface area contributed by atoms with Crippen LogP contribution in [0.15, 0.2) is 42.6 Å². The number of hydrogen-bond acceptors (Lipinski definition) is 8. The van der Waals surface area contributed by atoms with E-state index in [1.807, 2.05) is 25.1 Å². The van der Waals surface area contributed by atoms with E-state index in [9.17, 15) is 10.2 Å². The first kappa shape index (κ1) is 20.1. The molecule has 4 atom stereocenters. The van der Waals surface area contributed by atoms with Gasteiger partial charge in [0.2, 0.25) is 0 Å². The lowest BCUT2D eigenvalue weighted by Crippen LogP contribution is -2.34. The first-order valence-electron chi connectivity index (χ1n) is 10.4. The van der Waals surface area contributed by atoms with E-state index < -0.39 is 17.6 Å². The number of nitrogen functional groups attached to an aromatic ring is 2. The van der Waals surface area contributed by atoms with Crippen molar-refractivity contribution in [1.82, 2.24) is 14.3 Å². The molecule has 7 nitrogen and oxygen atoms in total. The second-order valence-electron chi connectivity index (χ2n) is 8.81. The molecule has 160 valence electrons. The molecule has 3 heterocycles. The topological polar surface area (TPSA) is 131 Å². The maximum atomic E-state index is 11.0. The first-order chi connectivity index (χ1) is 14.9. The number of benzene rings is 1. The van der Waals surface area contributed by atoms with Crippen LogP contribution in [-0.2, 0) is 6.42 Å². The lowest BCUT2D eigenvalue weighted by atomic mass is 9.80. The quantitative estimate of drug-likeness (QED) is 0.387. The molecule has 6 N–H and O–H groups in total. The molecular weight excluding hydrogens is 410 g/mol. The van der Waals surface area contributed by atoms with E-state index >= 15 is 0 Å². The van der Waals surface area contributed by atoms with Crippen molar-refractivity contribution >= 4 is 45.0 Å². The third-order valence-electron chi connectivity index (χ3n) is 6.66. The smallest absolute Gasteiger partial charge is 0.126 e. The fourth-order valence-corrected chi connectivity index (χ4v) is 5.74. The van der Waals surface area contributed by atoms with Gasteiger partial charge in [-0.05, 0) is 66.0 Å². The maximum absolute atomic E-state index is 11.0. The third-order valence-corrected chi connectivity index (χ3v) is 7.63. The highest BCUT2D eigenvalue weighted by Crippen LogP contribution is 2.51. The van der Waals surface area contributed by atoms with Gasteiger partial charge >= 0.3 is 0 Å². The Bertz CT molecular complexity index is 1280. The fourth-order valence-electron chi connectivity index (χ4n) is 4.76. The second kappa shape index (κ2) is 7.40. The number of aryl methyl sites for hydroxylation is 1. The number of aliphatic hydroxyl groups is 2. The Balaban J connectivity index is 1.39. The van der Waals surface area contributed by atoms with E-state index in [0.717, 1.165) is 39.7 Å². The van der Waals surface area contributed by atoms with Crippen molar-refractivity contribution in [3.63, 3.8) is 0 Å². The highest BCUT2D eigenvalue weighted by molar-refractivity contribution is 7.07. The van der Waals surface area contributed by atoms with Gasteiger partial charge in [0.1, 0.15) is 16.9 Å². The average Bonchev–Trinajstić information content (AvgIpc) is 3.28. The molecule has 0 bridgehead atoms. The molecule has 31 heavy (non-hydrogen) atoms. The summed E-state index contributed by atoms with van der Waals surface area (Å²) in [5.74, 6) is 0.280. The Kier molecular flexibility index (Phi) is 4.80. The molecule has 0 spiro atoms. The Morgan fingerprint density at radius 2 is 1.94 bits per heavy atom. The molecule has 1 fully saturated rings. The van der Waals surface area contributed by atoms with Gasteiger partial charge in [-0.3, -0.25) is 4.98 Å². The van der Waals surface area contributed by atoms with Gasteiger partial charge < -0.3 is 21.7 Å². The third kappa shape index (κ3) is 3.40. The first-order valence-corrected chi connectivity index (χ1v) is 11.1. The summed E-state index contributed by atoms with van der Waals surface area (Å²) in [5.41, 5.74) is 15.4. The van der Waals surface area contributed by atoms with Crippen molar-refractivity contribution in [3.05, 3.63) is 53.0 Å². The molecule has 1 aromatic carbocycles. The number of aromatic nitrogens is 3. The van der Waals surface area contributed by atoms with Gasteiger partial charge in [0, 0.05) is 17.5 Å². The summed E-state index contributed by atoms with van der Waals surface area (Å²) < 4.78 is 4.44. The zero-order valence-corrected chi connectivity index (χ0v) is 18.0. The number of fused-ring (bicyclic) bond motifs is 2. The summed E-state index contributed by atoms with van der Waals surface area (Å²) in [6, 6.07) is 11.7. The predicted octanol–water partition coefficient (Wildman–Crippen LogP) is 3.25. The van der Waals surface area contributed by atoms with Crippen LogP contribution < -0.4 is 11.5 Å². The van der Waals surface area contributed by atoms with E-state index in [1.165, 1.54) is 11.5 Å². The van der Waals surface area contributed by atoms with E-state index in [1.54, 1.807) is 18.3 Å². The second-order valence-corrected chi connectivity index (χ2v) is 9.61. The van der Waals surface area contributed by atoms with Crippen LogP contribution in [0.3, 0.4) is 0 Å². The van der Waals surface area contributed by atoms with Crippen LogP contribution in [0, 0.1) is 5.41 Å². The Morgan fingerprint density at radius 1 is 1.13 bits per heavy atom. The zero-order chi connectivity index (χ0) is 21.8. The van der Waals surface area contributed by atoms with Gasteiger partial charge in [-0.25, -0.2) is 4.98 Å². The molecular formula is C23H25N5O2S. The minimum Gasteiger partial charge on any atom is -0.397 e. The maximum Gasteiger partial charge on any atom is 0.126 e. The minimum absolute atomic E-state index is 0.220. The van der Waals surface area contributed by atoms with Gasteiger partial charge in [0.25, 0.3) is 0 Å². The Hall–Kier alpha value is -2.81. The molecule has 3 aromatic heterocycles. The molecule has 0 amide bonds. The normalized spacial score (nSPS) is 26.1. The van der Waals surface area contributed by atoms with Crippen LogP contribution in [0.2, 0.25) is 0 Å². The highest BCUT2D eigenvalue weighted by atomic mass is 32.1. The predicted molar refractivity (Wildman–Crippen MR) is 124 cm³/mol. The summed E-state index contributed by atoms with van der Waals surface area (Å²) >= 11 is 1.31. The minimum atomic E-state index is -0.866. The molecule has 0 radical (unpaired) electrons. The van der Waals surface area contributed by atoms with E-state index in [0.29, 0.717) is 23.4 Å². The number of nitrogens with two attached hydrogens (primary N) is 2. The van der Waals surface area contributed by atoms with Crippen LogP contribution in [0.1, 0.15) is 36.1 Å². The molecule has 1 aliphatic carbocycles. The molecule has 0 saturated heterocycles. The summed E-state index contributed by atoms with van der Waals surface area (Å²) in [6.07, 6.45) is 2.13. The van der Waals surface area contributed by atoms with Crippen molar-refractivity contribution < 1.29 is 10.2 Å². The SMILES string of the molecule is C[C@]1(CCc2ccc3ccc(N)nc3c2)C[C@@H](c2snc3c(N)ccnc23)[C@H](O)[C@@H]1O. The van der Waals surface area contributed by atoms with Crippen LogP contribution >= 0.6 is 11.5 Å². The van der Waals surface area contributed by atoms with E-state index in [-0.39, 0.29) is 5.92 Å². The summed E-state index contributed by atoms with van der Waals surface area (Å²) in [4.78, 5) is 9.74. The number of aliphatic hydroxyl groups excluding tert-OH is 2. The van der Waals surface area contributed by atoms with Crippen molar-refractivity contribution in [3.8, 4) is 0 Å².